The predicted octanol–water partition coefficient (Wildman–Crippen LogP) is 2.45. The average Bonchev–Trinajstić information content (AvgIpc) is 3.39. The lowest BCUT2D eigenvalue weighted by atomic mass is 10.2. The van der Waals surface area contributed by atoms with Gasteiger partial charge in [0.1, 0.15) is 5.75 Å². The first-order chi connectivity index (χ1) is 11.9. The number of ether oxygens (including phenoxy) is 1. The van der Waals surface area contributed by atoms with Gasteiger partial charge in [0.25, 0.3) is 15.9 Å². The summed E-state index contributed by atoms with van der Waals surface area (Å²) in [4.78, 5) is 11.7. The summed E-state index contributed by atoms with van der Waals surface area (Å²) < 4.78 is 32.6. The van der Waals surface area contributed by atoms with Crippen molar-refractivity contribution in [2.45, 2.75) is 30.7 Å². The second kappa shape index (κ2) is 7.14. The molecule has 1 fully saturated rings. The number of benzene rings is 2. The maximum atomic E-state index is 12.4. The molecule has 3 rings (SSSR count). The Kier molecular flexibility index (Phi) is 4.94. The monoisotopic (exact) mass is 360 g/mol. The third-order valence-electron chi connectivity index (χ3n) is 3.75. The van der Waals surface area contributed by atoms with Crippen molar-refractivity contribution in [3.05, 3.63) is 54.1 Å². The molecule has 1 aliphatic carbocycles. The zero-order valence-corrected chi connectivity index (χ0v) is 14.7. The fourth-order valence-electron chi connectivity index (χ4n) is 2.20. The summed E-state index contributed by atoms with van der Waals surface area (Å²) in [6, 6.07) is 13.4. The fraction of sp³-hybridized carbons (Fsp3) is 0.278. The lowest BCUT2D eigenvalue weighted by molar-refractivity contribution is -0.123. The molecule has 7 heteroatoms. The van der Waals surface area contributed by atoms with Gasteiger partial charge in [0, 0.05) is 11.7 Å². The Morgan fingerprint density at radius 2 is 1.72 bits per heavy atom. The highest BCUT2D eigenvalue weighted by Crippen LogP contribution is 2.20. The second-order valence-electron chi connectivity index (χ2n) is 6.07. The second-order valence-corrected chi connectivity index (χ2v) is 7.76. The van der Waals surface area contributed by atoms with Crippen LogP contribution in [-0.2, 0) is 14.8 Å². The summed E-state index contributed by atoms with van der Waals surface area (Å²) in [5, 5.41) is 2.82. The highest BCUT2D eigenvalue weighted by Gasteiger charge is 2.23. The Labute approximate surface area is 147 Å². The number of hydrogen-bond acceptors (Lipinski definition) is 4. The largest absolute Gasteiger partial charge is 0.484 e. The van der Waals surface area contributed by atoms with E-state index in [0.29, 0.717) is 11.4 Å². The van der Waals surface area contributed by atoms with Gasteiger partial charge in [-0.1, -0.05) is 17.7 Å². The molecule has 132 valence electrons. The van der Waals surface area contributed by atoms with E-state index in [1.807, 2.05) is 19.1 Å². The topological polar surface area (TPSA) is 84.5 Å². The van der Waals surface area contributed by atoms with Gasteiger partial charge in [-0.05, 0) is 56.2 Å². The Bertz CT molecular complexity index is 842. The lowest BCUT2D eigenvalue weighted by Gasteiger charge is -2.10. The van der Waals surface area contributed by atoms with Crippen molar-refractivity contribution in [3.8, 4) is 5.75 Å². The number of aryl methyl sites for hydroxylation is 1. The molecule has 2 N–H and O–H groups in total. The van der Waals surface area contributed by atoms with Crippen molar-refractivity contribution < 1.29 is 17.9 Å². The van der Waals surface area contributed by atoms with E-state index < -0.39 is 10.0 Å². The molecular formula is C18H20N2O4S. The summed E-state index contributed by atoms with van der Waals surface area (Å²) in [5.41, 5.74) is 1.55. The average molecular weight is 360 g/mol. The molecular weight excluding hydrogens is 340 g/mol. The first kappa shape index (κ1) is 17.3. The Balaban J connectivity index is 1.60. The minimum atomic E-state index is -3.67. The van der Waals surface area contributed by atoms with Gasteiger partial charge in [-0.3, -0.25) is 9.52 Å². The van der Waals surface area contributed by atoms with E-state index in [0.717, 1.165) is 18.4 Å². The molecule has 0 aliphatic heterocycles. The van der Waals surface area contributed by atoms with Crippen LogP contribution in [0.25, 0.3) is 0 Å². The van der Waals surface area contributed by atoms with Crippen molar-refractivity contribution in [1.82, 2.24) is 5.32 Å². The molecule has 1 saturated carbocycles. The minimum Gasteiger partial charge on any atom is -0.484 e. The summed E-state index contributed by atoms with van der Waals surface area (Å²) in [7, 11) is -3.67. The molecule has 0 spiro atoms. The Hall–Kier alpha value is -2.54. The van der Waals surface area contributed by atoms with E-state index in [9.17, 15) is 13.2 Å². The van der Waals surface area contributed by atoms with Crippen LogP contribution < -0.4 is 14.8 Å². The number of nitrogens with one attached hydrogen (secondary N) is 2. The van der Waals surface area contributed by atoms with Crippen LogP contribution >= 0.6 is 0 Å². The van der Waals surface area contributed by atoms with Gasteiger partial charge >= 0.3 is 0 Å². The first-order valence-electron chi connectivity index (χ1n) is 8.04. The lowest BCUT2D eigenvalue weighted by Crippen LogP contribution is -2.30. The molecule has 0 radical (unpaired) electrons. The summed E-state index contributed by atoms with van der Waals surface area (Å²) in [6.07, 6.45) is 2.04. The number of carbonyl (C=O) groups is 1. The summed E-state index contributed by atoms with van der Waals surface area (Å²) in [5.74, 6) is 0.278. The molecule has 25 heavy (non-hydrogen) atoms. The summed E-state index contributed by atoms with van der Waals surface area (Å²) in [6.45, 7) is 1.85. The normalized spacial score (nSPS) is 14.0. The number of carbonyl (C=O) groups excluding carboxylic acids is 1. The molecule has 0 atom stereocenters. The summed E-state index contributed by atoms with van der Waals surface area (Å²) >= 11 is 0. The van der Waals surface area contributed by atoms with Crippen molar-refractivity contribution in [1.29, 1.82) is 0 Å². The van der Waals surface area contributed by atoms with Crippen LogP contribution in [0.15, 0.2) is 53.4 Å². The van der Waals surface area contributed by atoms with E-state index in [1.165, 1.54) is 24.3 Å². The van der Waals surface area contributed by atoms with Crippen LogP contribution in [0.5, 0.6) is 5.75 Å². The molecule has 0 unspecified atom stereocenters. The highest BCUT2D eigenvalue weighted by molar-refractivity contribution is 7.92. The first-order valence-corrected chi connectivity index (χ1v) is 9.52. The molecule has 0 aromatic heterocycles. The Morgan fingerprint density at radius 1 is 1.08 bits per heavy atom. The van der Waals surface area contributed by atoms with E-state index in [1.54, 1.807) is 12.1 Å². The number of anilines is 1. The zero-order valence-electron chi connectivity index (χ0n) is 13.9. The molecule has 1 amide bonds. The van der Waals surface area contributed by atoms with E-state index in [4.69, 9.17) is 4.74 Å². The molecule has 2 aromatic carbocycles. The third-order valence-corrected chi connectivity index (χ3v) is 5.15. The Morgan fingerprint density at radius 3 is 2.32 bits per heavy atom. The number of sulfonamides is 1. The van der Waals surface area contributed by atoms with Crippen LogP contribution in [-0.4, -0.2) is 27.0 Å². The van der Waals surface area contributed by atoms with Gasteiger partial charge < -0.3 is 10.1 Å². The van der Waals surface area contributed by atoms with E-state index in [2.05, 4.69) is 10.0 Å². The molecule has 0 saturated heterocycles. The van der Waals surface area contributed by atoms with Crippen LogP contribution in [0.1, 0.15) is 18.4 Å². The maximum Gasteiger partial charge on any atom is 0.261 e. The number of amides is 1. The zero-order chi connectivity index (χ0) is 17.9. The SMILES string of the molecule is Cc1ccc(NS(=O)(=O)c2ccc(OCC(=O)NC3CC3)cc2)cc1. The molecule has 6 nitrogen and oxygen atoms in total. The van der Waals surface area contributed by atoms with Gasteiger partial charge in [0.15, 0.2) is 6.61 Å². The highest BCUT2D eigenvalue weighted by atomic mass is 32.2. The van der Waals surface area contributed by atoms with E-state index in [-0.39, 0.29) is 23.5 Å². The van der Waals surface area contributed by atoms with Crippen LogP contribution in [0.3, 0.4) is 0 Å². The quantitative estimate of drug-likeness (QED) is 0.794. The third kappa shape index (κ3) is 4.96. The van der Waals surface area contributed by atoms with Crippen molar-refractivity contribution in [2.24, 2.45) is 0 Å². The van der Waals surface area contributed by atoms with Gasteiger partial charge in [-0.2, -0.15) is 0 Å². The smallest absolute Gasteiger partial charge is 0.261 e. The predicted molar refractivity (Wildman–Crippen MR) is 95.1 cm³/mol. The molecule has 1 aliphatic rings. The van der Waals surface area contributed by atoms with Crippen LogP contribution in [0, 0.1) is 6.92 Å². The molecule has 0 heterocycles. The molecule has 0 bridgehead atoms. The van der Waals surface area contributed by atoms with Crippen molar-refractivity contribution in [2.75, 3.05) is 11.3 Å². The van der Waals surface area contributed by atoms with Crippen LogP contribution in [0.2, 0.25) is 0 Å². The standard InChI is InChI=1S/C18H20N2O4S/c1-13-2-4-15(5-3-13)20-25(22,23)17-10-8-16(9-11-17)24-12-18(21)19-14-6-7-14/h2-5,8-11,14,20H,6-7,12H2,1H3,(H,19,21). The number of hydrogen-bond donors (Lipinski definition) is 2. The van der Waals surface area contributed by atoms with Gasteiger partial charge in [0.2, 0.25) is 0 Å². The number of rotatable bonds is 7. The maximum absolute atomic E-state index is 12.4. The van der Waals surface area contributed by atoms with Crippen molar-refractivity contribution >= 4 is 21.6 Å². The van der Waals surface area contributed by atoms with E-state index >= 15 is 0 Å². The fourth-order valence-corrected chi connectivity index (χ4v) is 3.26. The van der Waals surface area contributed by atoms with Crippen molar-refractivity contribution in [3.63, 3.8) is 0 Å². The molecule has 2 aromatic rings. The van der Waals surface area contributed by atoms with Gasteiger partial charge in [-0.25, -0.2) is 8.42 Å². The van der Waals surface area contributed by atoms with Gasteiger partial charge in [0.05, 0.1) is 4.90 Å². The van der Waals surface area contributed by atoms with Gasteiger partial charge in [-0.15, -0.1) is 0 Å². The minimum absolute atomic E-state index is 0.0792. The van der Waals surface area contributed by atoms with Crippen LogP contribution in [0.4, 0.5) is 5.69 Å².